The fourth-order valence-corrected chi connectivity index (χ4v) is 2.93. The van der Waals surface area contributed by atoms with Crippen LogP contribution in [0.5, 0.6) is 0 Å². The minimum Gasteiger partial charge on any atom is -0.755 e. The van der Waals surface area contributed by atoms with Gasteiger partial charge in [0.1, 0.15) is 11.4 Å². The van der Waals surface area contributed by atoms with Crippen LogP contribution in [0.4, 0.5) is 10.5 Å². The van der Waals surface area contributed by atoms with Crippen LogP contribution >= 0.6 is 0 Å². The number of ether oxygens (including phenoxy) is 1. The Labute approximate surface area is 174 Å². The molecule has 1 unspecified atom stereocenters. The molecular weight excluding hydrogens is 392 g/mol. The van der Waals surface area contributed by atoms with E-state index in [4.69, 9.17) is 4.74 Å². The number of nitrogens with one attached hydrogen (secondary N) is 3. The van der Waals surface area contributed by atoms with Gasteiger partial charge in [-0.25, -0.2) is 9.78 Å². The Hall–Kier alpha value is -2.39. The van der Waals surface area contributed by atoms with Crippen molar-refractivity contribution in [1.29, 1.82) is 0 Å². The van der Waals surface area contributed by atoms with Gasteiger partial charge >= 0.3 is 6.09 Å². The third-order valence-electron chi connectivity index (χ3n) is 4.02. The zero-order chi connectivity index (χ0) is 21.8. The molecule has 0 aliphatic rings. The van der Waals surface area contributed by atoms with Crippen molar-refractivity contribution >= 4 is 23.0 Å². The first-order valence-electron chi connectivity index (χ1n) is 9.33. The number of anilines is 1. The van der Waals surface area contributed by atoms with Crippen LogP contribution in [0.25, 0.3) is 0 Å². The number of aromatic nitrogens is 2. The first kappa shape index (κ1) is 22.9. The van der Waals surface area contributed by atoms with Crippen LogP contribution in [0.15, 0.2) is 30.5 Å². The van der Waals surface area contributed by atoms with Crippen LogP contribution in [0, 0.1) is 0 Å². The number of benzene rings is 1. The first-order valence-corrected chi connectivity index (χ1v) is 10.4. The summed E-state index contributed by atoms with van der Waals surface area (Å²) in [4.78, 5) is 20.1. The number of imidazole rings is 1. The molecular formula is C20H29N4O4S-. The van der Waals surface area contributed by atoms with Gasteiger partial charge in [-0.2, -0.15) is 0 Å². The third kappa shape index (κ3) is 7.51. The van der Waals surface area contributed by atoms with Gasteiger partial charge in [-0.3, -0.25) is 4.21 Å². The van der Waals surface area contributed by atoms with Crippen molar-refractivity contribution in [1.82, 2.24) is 15.3 Å². The van der Waals surface area contributed by atoms with E-state index in [0.717, 1.165) is 11.3 Å². The van der Waals surface area contributed by atoms with Crippen LogP contribution in [0.2, 0.25) is 0 Å². The summed E-state index contributed by atoms with van der Waals surface area (Å²) in [5, 5.41) is 2.88. The van der Waals surface area contributed by atoms with Gasteiger partial charge < -0.3 is 24.3 Å². The Morgan fingerprint density at radius 2 is 1.83 bits per heavy atom. The summed E-state index contributed by atoms with van der Waals surface area (Å²) in [5.74, 6) is 0.628. The number of aromatic amines is 1. The van der Waals surface area contributed by atoms with E-state index in [-0.39, 0.29) is 5.41 Å². The summed E-state index contributed by atoms with van der Waals surface area (Å²) in [5.41, 5.74) is 1.60. The van der Waals surface area contributed by atoms with E-state index in [0.29, 0.717) is 17.9 Å². The molecule has 0 radical (unpaired) electrons. The predicted molar refractivity (Wildman–Crippen MR) is 112 cm³/mol. The van der Waals surface area contributed by atoms with Crippen molar-refractivity contribution in [2.45, 2.75) is 65.0 Å². The number of carbonyl (C=O) groups excluding carboxylic acids is 1. The van der Waals surface area contributed by atoms with E-state index in [1.165, 1.54) is 0 Å². The number of nitrogens with zero attached hydrogens (tertiary/aromatic N) is 1. The molecule has 1 heterocycles. The van der Waals surface area contributed by atoms with Crippen LogP contribution in [0.3, 0.4) is 0 Å². The molecule has 0 bridgehead atoms. The number of rotatable bonds is 6. The second-order valence-corrected chi connectivity index (χ2v) is 9.54. The molecule has 0 saturated heterocycles. The van der Waals surface area contributed by atoms with Crippen molar-refractivity contribution in [3.63, 3.8) is 0 Å². The van der Waals surface area contributed by atoms with Crippen LogP contribution in [-0.2, 0) is 27.8 Å². The molecule has 29 heavy (non-hydrogen) atoms. The van der Waals surface area contributed by atoms with Gasteiger partial charge in [0, 0.05) is 40.7 Å². The lowest BCUT2D eigenvalue weighted by atomic mass is 9.93. The lowest BCUT2D eigenvalue weighted by Crippen LogP contribution is -2.36. The van der Waals surface area contributed by atoms with E-state index in [1.807, 2.05) is 0 Å². The molecule has 0 saturated carbocycles. The molecule has 2 aromatic rings. The molecule has 9 heteroatoms. The SMILES string of the molecule is CC(C)(C)OC(=O)N[C@@H](Cc1ccc(NS(=O)[O-])cc1)c1ncc(C(C)(C)C)[nH]1. The Bertz CT molecular complexity index is 851. The fraction of sp³-hybridized carbons (Fsp3) is 0.500. The summed E-state index contributed by atoms with van der Waals surface area (Å²) in [6, 6.07) is 6.49. The first-order chi connectivity index (χ1) is 13.3. The molecule has 1 aromatic carbocycles. The maximum Gasteiger partial charge on any atom is 0.408 e. The molecule has 1 amide bonds. The lowest BCUT2D eigenvalue weighted by Gasteiger charge is -2.23. The number of hydrogen-bond acceptors (Lipinski definition) is 5. The highest BCUT2D eigenvalue weighted by atomic mass is 32.2. The van der Waals surface area contributed by atoms with Crippen molar-refractivity contribution < 1.29 is 18.3 Å². The van der Waals surface area contributed by atoms with E-state index < -0.39 is 29.0 Å². The van der Waals surface area contributed by atoms with E-state index >= 15 is 0 Å². The number of carbonyl (C=O) groups is 1. The van der Waals surface area contributed by atoms with Gasteiger partial charge in [0.2, 0.25) is 0 Å². The fourth-order valence-electron chi connectivity index (χ4n) is 2.60. The number of hydrogen-bond donors (Lipinski definition) is 3. The Kier molecular flexibility index (Phi) is 7.07. The van der Waals surface area contributed by atoms with Gasteiger partial charge in [0.15, 0.2) is 0 Å². The highest BCUT2D eigenvalue weighted by molar-refractivity contribution is 7.80. The van der Waals surface area contributed by atoms with Crippen LogP contribution in [0.1, 0.15) is 64.7 Å². The summed E-state index contributed by atoms with van der Waals surface area (Å²) >= 11 is -2.38. The normalized spacial score (nSPS) is 14.2. The van der Waals surface area contributed by atoms with Crippen molar-refractivity contribution in [3.8, 4) is 0 Å². The Balaban J connectivity index is 2.23. The maximum absolute atomic E-state index is 12.4. The lowest BCUT2D eigenvalue weighted by molar-refractivity contribution is 0.0501. The zero-order valence-corrected chi connectivity index (χ0v) is 18.5. The van der Waals surface area contributed by atoms with Gasteiger partial charge in [-0.15, -0.1) is 0 Å². The predicted octanol–water partition coefficient (Wildman–Crippen LogP) is 3.72. The monoisotopic (exact) mass is 421 g/mol. The molecule has 2 atom stereocenters. The molecule has 2 rings (SSSR count). The zero-order valence-electron chi connectivity index (χ0n) is 17.7. The Morgan fingerprint density at radius 3 is 2.31 bits per heavy atom. The number of alkyl carbamates (subject to hydrolysis) is 1. The second kappa shape index (κ2) is 8.96. The van der Waals surface area contributed by atoms with Crippen molar-refractivity contribution in [2.75, 3.05) is 4.72 Å². The smallest absolute Gasteiger partial charge is 0.408 e. The summed E-state index contributed by atoms with van der Waals surface area (Å²) < 4.78 is 29.2. The molecule has 8 nitrogen and oxygen atoms in total. The van der Waals surface area contributed by atoms with Crippen molar-refractivity contribution in [3.05, 3.63) is 47.5 Å². The molecule has 0 fully saturated rings. The third-order valence-corrected chi connectivity index (χ3v) is 4.42. The van der Waals surface area contributed by atoms with Crippen LogP contribution in [-0.4, -0.2) is 30.4 Å². The standard InChI is InChI=1S/C20H30N4O4S/c1-19(2,3)16-12-21-17(23-16)15(22-18(25)28-20(4,5)6)11-13-7-9-14(10-8-13)24-29(26)27/h7-10,12,15,24H,11H2,1-6H3,(H,21,23)(H,22,25)(H,26,27)/p-1/t15-/m0/s1. The molecule has 0 aliphatic carbocycles. The molecule has 160 valence electrons. The molecule has 0 aliphatic heterocycles. The van der Waals surface area contributed by atoms with E-state index in [2.05, 4.69) is 40.8 Å². The molecule has 1 aromatic heterocycles. The Morgan fingerprint density at radius 1 is 1.21 bits per heavy atom. The van der Waals surface area contributed by atoms with E-state index in [9.17, 15) is 13.6 Å². The number of H-pyrrole nitrogens is 1. The average molecular weight is 422 g/mol. The summed E-state index contributed by atoms with van der Waals surface area (Å²) in [6.45, 7) is 11.6. The highest BCUT2D eigenvalue weighted by Crippen LogP contribution is 2.24. The minimum atomic E-state index is -2.38. The summed E-state index contributed by atoms with van der Waals surface area (Å²) in [7, 11) is 0. The molecule has 0 spiro atoms. The maximum atomic E-state index is 12.4. The average Bonchev–Trinajstić information content (AvgIpc) is 3.04. The highest BCUT2D eigenvalue weighted by Gasteiger charge is 2.24. The topological polar surface area (TPSA) is 119 Å². The van der Waals surface area contributed by atoms with Gasteiger partial charge in [-0.05, 0) is 38.5 Å². The van der Waals surface area contributed by atoms with Crippen LogP contribution < -0.4 is 10.0 Å². The summed E-state index contributed by atoms with van der Waals surface area (Å²) in [6.07, 6.45) is 1.70. The molecule has 3 N–H and O–H groups in total. The largest absolute Gasteiger partial charge is 0.755 e. The van der Waals surface area contributed by atoms with Gasteiger partial charge in [0.25, 0.3) is 0 Å². The van der Waals surface area contributed by atoms with Gasteiger partial charge in [0.05, 0.1) is 6.04 Å². The quantitative estimate of drug-likeness (QED) is 0.614. The second-order valence-electron chi connectivity index (χ2n) is 8.87. The van der Waals surface area contributed by atoms with Crippen molar-refractivity contribution in [2.24, 2.45) is 0 Å². The minimum absolute atomic E-state index is 0.108. The number of amides is 1. The van der Waals surface area contributed by atoms with Gasteiger partial charge in [-0.1, -0.05) is 32.9 Å². The van der Waals surface area contributed by atoms with E-state index in [1.54, 1.807) is 51.2 Å².